The average molecular weight is 424 g/mol. The summed E-state index contributed by atoms with van der Waals surface area (Å²) in [6.45, 7) is 5.55. The Labute approximate surface area is 169 Å². The Hall–Kier alpha value is -2.05. The van der Waals surface area contributed by atoms with Crippen molar-refractivity contribution in [1.82, 2.24) is 14.5 Å². The van der Waals surface area contributed by atoms with Crippen LogP contribution in [-0.2, 0) is 18.6 Å². The number of hydrogen-bond acceptors (Lipinski definition) is 7. The highest BCUT2D eigenvalue weighted by molar-refractivity contribution is 7.46. The maximum Gasteiger partial charge on any atom is 0.330 e. The van der Waals surface area contributed by atoms with Gasteiger partial charge in [-0.05, 0) is 13.3 Å². The monoisotopic (exact) mass is 424 g/mol. The lowest BCUT2D eigenvalue weighted by atomic mass is 9.83. The van der Waals surface area contributed by atoms with E-state index >= 15 is 0 Å². The second-order valence-corrected chi connectivity index (χ2v) is 8.63. The number of carbonyl (C=O) groups is 1. The largest absolute Gasteiger partial charge is 0.346 e. The molecule has 158 valence electrons. The van der Waals surface area contributed by atoms with Crippen molar-refractivity contribution >= 4 is 14.3 Å². The zero-order valence-corrected chi connectivity index (χ0v) is 17.8. The summed E-state index contributed by atoms with van der Waals surface area (Å²) in [6.07, 6.45) is 1.01. The van der Waals surface area contributed by atoms with Crippen LogP contribution in [0.2, 0.25) is 0 Å². The topological polar surface area (TPSA) is 127 Å². The predicted octanol–water partition coefficient (Wildman–Crippen LogP) is 1.01. The normalized spacial score (nSPS) is 29.7. The van der Waals surface area contributed by atoms with Crippen LogP contribution >= 0.6 is 8.38 Å². The summed E-state index contributed by atoms with van der Waals surface area (Å²) in [6, 6.07) is 1.45. The maximum absolute atomic E-state index is 12.6. The van der Waals surface area contributed by atoms with Gasteiger partial charge in [0.2, 0.25) is 5.91 Å². The summed E-state index contributed by atoms with van der Waals surface area (Å²) in [7, 11) is 0.335. The van der Waals surface area contributed by atoms with Gasteiger partial charge in [-0.2, -0.15) is 5.26 Å². The minimum Gasteiger partial charge on any atom is -0.346 e. The van der Waals surface area contributed by atoms with Gasteiger partial charge in [-0.15, -0.1) is 0 Å². The van der Waals surface area contributed by atoms with Crippen molar-refractivity contribution in [2.24, 2.45) is 0 Å². The minimum atomic E-state index is -1.32. The van der Waals surface area contributed by atoms with Gasteiger partial charge < -0.3 is 18.7 Å². The molecule has 0 aliphatic carbocycles. The van der Waals surface area contributed by atoms with Gasteiger partial charge in [0.1, 0.15) is 17.7 Å². The molecular weight excluding hydrogens is 399 g/mol. The molecule has 2 bridgehead atoms. The van der Waals surface area contributed by atoms with E-state index < -0.39 is 43.6 Å². The van der Waals surface area contributed by atoms with E-state index in [0.717, 1.165) is 0 Å². The molecule has 1 amide bonds. The van der Waals surface area contributed by atoms with Crippen molar-refractivity contribution in [1.29, 1.82) is 5.26 Å². The molecule has 5 atom stereocenters. The van der Waals surface area contributed by atoms with E-state index in [2.05, 4.69) is 4.98 Å². The highest BCUT2D eigenvalue weighted by Gasteiger charge is 2.63. The van der Waals surface area contributed by atoms with Crippen molar-refractivity contribution in [3.63, 3.8) is 0 Å². The molecule has 3 heterocycles. The summed E-state index contributed by atoms with van der Waals surface area (Å²) >= 11 is 0. The second kappa shape index (κ2) is 8.36. The molecule has 2 aliphatic heterocycles. The van der Waals surface area contributed by atoms with Crippen LogP contribution in [-0.4, -0.2) is 58.4 Å². The number of nitrogens with one attached hydrogen (secondary N) is 1. The summed E-state index contributed by atoms with van der Waals surface area (Å²) in [5, 5.41) is 8.68. The third-order valence-electron chi connectivity index (χ3n) is 5.53. The van der Waals surface area contributed by atoms with Gasteiger partial charge in [0, 0.05) is 25.5 Å². The molecule has 0 spiro atoms. The zero-order chi connectivity index (χ0) is 21.3. The Kier molecular flexibility index (Phi) is 6.24. The number of nitrogens with zero attached hydrogens (tertiary/aromatic N) is 3. The lowest BCUT2D eigenvalue weighted by Crippen LogP contribution is -2.58. The molecule has 0 aromatic carbocycles. The number of piperidine rings is 1. The number of aryl methyl sites for hydroxylation is 1. The van der Waals surface area contributed by atoms with E-state index in [1.54, 1.807) is 25.5 Å². The molecule has 10 nitrogen and oxygen atoms in total. The van der Waals surface area contributed by atoms with Gasteiger partial charge in [-0.25, -0.2) is 4.79 Å². The number of nitriles is 1. The Bertz CT molecular complexity index is 940. The fourth-order valence-electron chi connectivity index (χ4n) is 3.90. The number of aromatic amines is 1. The van der Waals surface area contributed by atoms with Crippen LogP contribution in [0.15, 0.2) is 15.8 Å². The van der Waals surface area contributed by atoms with Crippen LogP contribution in [0.4, 0.5) is 0 Å². The molecule has 0 saturated carbocycles. The fourth-order valence-corrected chi connectivity index (χ4v) is 4.94. The van der Waals surface area contributed by atoms with Crippen molar-refractivity contribution in [3.05, 3.63) is 32.6 Å². The SMILES string of the molecule is CC[C@]12CC(=O)N(C)[C@H](C1OP(C)OCCC#N)[C@H](n1cc(C)c(=O)[nH]c1=O)O2. The van der Waals surface area contributed by atoms with Gasteiger partial charge in [0.15, 0.2) is 14.6 Å². The van der Waals surface area contributed by atoms with E-state index in [9.17, 15) is 14.4 Å². The van der Waals surface area contributed by atoms with Gasteiger partial charge in [0.05, 0.1) is 25.5 Å². The number of amides is 1. The smallest absolute Gasteiger partial charge is 0.330 e. The van der Waals surface area contributed by atoms with Gasteiger partial charge in [-0.3, -0.25) is 19.1 Å². The number of likely N-dealkylation sites (N-methyl/N-ethyl adjacent to an activating group) is 1. The molecule has 29 heavy (non-hydrogen) atoms. The molecule has 2 fully saturated rings. The van der Waals surface area contributed by atoms with Crippen molar-refractivity contribution in [2.75, 3.05) is 20.3 Å². The summed E-state index contributed by atoms with van der Waals surface area (Å²) in [5.74, 6) is -0.0979. The summed E-state index contributed by atoms with van der Waals surface area (Å²) < 4.78 is 19.5. The number of ether oxygens (including phenoxy) is 1. The van der Waals surface area contributed by atoms with Crippen LogP contribution in [0.5, 0.6) is 0 Å². The van der Waals surface area contributed by atoms with E-state index in [-0.39, 0.29) is 25.4 Å². The van der Waals surface area contributed by atoms with Gasteiger partial charge >= 0.3 is 5.69 Å². The maximum atomic E-state index is 12.6. The third-order valence-corrected chi connectivity index (χ3v) is 6.61. The lowest BCUT2D eigenvalue weighted by molar-refractivity contribution is -0.148. The molecule has 11 heteroatoms. The van der Waals surface area contributed by atoms with Gasteiger partial charge in [0.25, 0.3) is 5.56 Å². The standard InChI is InChI=1S/C18H25N4O6P/c1-5-18-9-12(23)21(3)13(14(18)28-29(4)26-8-6-7-19)16(27-18)22-10-11(2)15(24)20-17(22)25/h10,13-14,16H,5-6,8-9H2,1-4H3,(H,20,24,25)/t13-,14?,16-,18+,29?/m1/s1. The number of carbonyl (C=O) groups excluding carboxylic acids is 1. The first-order valence-corrected chi connectivity index (χ1v) is 11.0. The Morgan fingerprint density at radius 1 is 1.45 bits per heavy atom. The van der Waals surface area contributed by atoms with Crippen LogP contribution in [0.1, 0.15) is 38.0 Å². The van der Waals surface area contributed by atoms with Crippen molar-refractivity contribution in [2.45, 2.75) is 57.1 Å². The van der Waals surface area contributed by atoms with Gasteiger partial charge in [-0.1, -0.05) is 6.92 Å². The van der Waals surface area contributed by atoms with Crippen molar-refractivity contribution in [3.8, 4) is 6.07 Å². The van der Waals surface area contributed by atoms with E-state index in [1.807, 2.05) is 13.0 Å². The molecule has 2 aliphatic rings. The Morgan fingerprint density at radius 2 is 2.17 bits per heavy atom. The van der Waals surface area contributed by atoms with Crippen LogP contribution in [0.3, 0.4) is 0 Å². The minimum absolute atomic E-state index is 0.0979. The first-order chi connectivity index (χ1) is 13.7. The molecule has 3 rings (SSSR count). The molecule has 2 saturated heterocycles. The van der Waals surface area contributed by atoms with E-state index in [0.29, 0.717) is 12.0 Å². The lowest BCUT2D eigenvalue weighted by Gasteiger charge is -2.42. The van der Waals surface area contributed by atoms with E-state index in [1.165, 1.54) is 10.8 Å². The predicted molar refractivity (Wildman–Crippen MR) is 104 cm³/mol. The second-order valence-electron chi connectivity index (χ2n) is 7.28. The first kappa shape index (κ1) is 21.7. The number of likely N-dealkylation sites (tertiary alicyclic amines) is 1. The van der Waals surface area contributed by atoms with Crippen LogP contribution < -0.4 is 11.2 Å². The summed E-state index contributed by atoms with van der Waals surface area (Å²) in [4.78, 5) is 40.7. The number of rotatable bonds is 7. The highest BCUT2D eigenvalue weighted by atomic mass is 31.2. The quantitative estimate of drug-likeness (QED) is 0.511. The fraction of sp³-hybridized carbons (Fsp3) is 0.667. The molecule has 1 aromatic rings. The number of hydrogen-bond donors (Lipinski definition) is 1. The Balaban J connectivity index is 1.98. The third kappa shape index (κ3) is 3.88. The summed E-state index contributed by atoms with van der Waals surface area (Å²) in [5.41, 5.74) is -1.60. The number of H-pyrrole nitrogens is 1. The number of fused-ring (bicyclic) bond motifs is 2. The molecule has 2 unspecified atom stereocenters. The molecule has 1 aromatic heterocycles. The Morgan fingerprint density at radius 3 is 2.83 bits per heavy atom. The zero-order valence-electron chi connectivity index (χ0n) is 16.9. The van der Waals surface area contributed by atoms with Crippen molar-refractivity contribution < 1.29 is 18.6 Å². The van der Waals surface area contributed by atoms with Crippen LogP contribution in [0, 0.1) is 18.3 Å². The van der Waals surface area contributed by atoms with E-state index in [4.69, 9.17) is 19.0 Å². The molecular formula is C18H25N4O6P. The molecule has 1 N–H and O–H groups in total. The number of aromatic nitrogens is 2. The van der Waals surface area contributed by atoms with Crippen LogP contribution in [0.25, 0.3) is 0 Å². The molecule has 0 radical (unpaired) electrons. The highest BCUT2D eigenvalue weighted by Crippen LogP contribution is 2.52. The first-order valence-electron chi connectivity index (χ1n) is 9.40. The average Bonchev–Trinajstić information content (AvgIpc) is 2.91.